The third-order valence-electron chi connectivity index (χ3n) is 2.75. The van der Waals surface area contributed by atoms with Crippen LogP contribution in [0.3, 0.4) is 0 Å². The molecule has 0 aliphatic heterocycles. The molecule has 0 aliphatic rings. The molecule has 0 bridgehead atoms. The van der Waals surface area contributed by atoms with Gasteiger partial charge in [-0.05, 0) is 18.1 Å². The first kappa shape index (κ1) is 14.0. The van der Waals surface area contributed by atoms with Crippen LogP contribution in [-0.4, -0.2) is 27.6 Å². The lowest BCUT2D eigenvalue weighted by atomic mass is 10.1. The number of nitrogens with zero attached hydrogens (tertiary/aromatic N) is 3. The van der Waals surface area contributed by atoms with Crippen LogP contribution in [0.1, 0.15) is 41.7 Å². The summed E-state index contributed by atoms with van der Waals surface area (Å²) >= 11 is 0. The molecule has 0 saturated heterocycles. The highest BCUT2D eigenvalue weighted by Gasteiger charge is 2.11. The van der Waals surface area contributed by atoms with Crippen molar-refractivity contribution in [1.29, 1.82) is 0 Å². The minimum atomic E-state index is -0.194. The normalized spacial score (nSPS) is 10.8. The molecule has 0 spiro atoms. The number of anilines is 1. The van der Waals surface area contributed by atoms with Gasteiger partial charge < -0.3 is 15.6 Å². The Balaban J connectivity index is 1.98. The molecule has 0 fully saturated rings. The summed E-state index contributed by atoms with van der Waals surface area (Å²) in [5, 5.41) is 6.28. The van der Waals surface area contributed by atoms with E-state index in [1.54, 1.807) is 12.1 Å². The predicted octanol–water partition coefficient (Wildman–Crippen LogP) is 1.14. The number of pyridine rings is 1. The molecule has 0 atom stereocenters. The molecule has 2 heterocycles. The number of rotatable bonds is 5. The van der Waals surface area contributed by atoms with E-state index in [9.17, 15) is 4.79 Å². The van der Waals surface area contributed by atoms with E-state index in [2.05, 4.69) is 20.4 Å². The highest BCUT2D eigenvalue weighted by molar-refractivity contribution is 5.94. The molecule has 2 aromatic rings. The van der Waals surface area contributed by atoms with E-state index in [0.29, 0.717) is 30.2 Å². The van der Waals surface area contributed by atoms with Gasteiger partial charge in [0.1, 0.15) is 5.82 Å². The third-order valence-corrected chi connectivity index (χ3v) is 2.75. The minimum Gasteiger partial charge on any atom is -0.384 e. The van der Waals surface area contributed by atoms with Gasteiger partial charge in [0.25, 0.3) is 5.91 Å². The van der Waals surface area contributed by atoms with Crippen molar-refractivity contribution in [3.8, 4) is 0 Å². The zero-order valence-corrected chi connectivity index (χ0v) is 11.5. The van der Waals surface area contributed by atoms with Crippen molar-refractivity contribution in [3.63, 3.8) is 0 Å². The van der Waals surface area contributed by atoms with Crippen LogP contribution in [0.2, 0.25) is 0 Å². The number of nitrogens with two attached hydrogens (primary N) is 1. The van der Waals surface area contributed by atoms with Gasteiger partial charge in [-0.25, -0.2) is 4.98 Å². The van der Waals surface area contributed by atoms with Crippen LogP contribution in [0.4, 0.5) is 5.82 Å². The summed E-state index contributed by atoms with van der Waals surface area (Å²) in [7, 11) is 0. The van der Waals surface area contributed by atoms with Gasteiger partial charge in [0.05, 0.1) is 0 Å². The Morgan fingerprint density at radius 1 is 1.45 bits per heavy atom. The van der Waals surface area contributed by atoms with Gasteiger partial charge in [-0.2, -0.15) is 4.98 Å². The van der Waals surface area contributed by atoms with Gasteiger partial charge in [0, 0.05) is 24.2 Å². The quantitative estimate of drug-likeness (QED) is 0.847. The van der Waals surface area contributed by atoms with Crippen molar-refractivity contribution in [2.75, 3.05) is 12.3 Å². The highest BCUT2D eigenvalue weighted by atomic mass is 16.5. The Kier molecular flexibility index (Phi) is 4.29. The number of aromatic nitrogens is 3. The average Bonchev–Trinajstić information content (AvgIpc) is 2.91. The molecule has 2 aromatic heterocycles. The van der Waals surface area contributed by atoms with Gasteiger partial charge >= 0.3 is 0 Å². The zero-order valence-electron chi connectivity index (χ0n) is 11.5. The molecule has 0 radical (unpaired) electrons. The maximum absolute atomic E-state index is 12.0. The van der Waals surface area contributed by atoms with Crippen LogP contribution in [-0.2, 0) is 6.42 Å². The SMILES string of the molecule is CC(C)c1cc(C(=O)NCCc2ncno2)cc(N)n1. The number of hydrogen-bond acceptors (Lipinski definition) is 6. The second-order valence-electron chi connectivity index (χ2n) is 4.70. The molecule has 7 heteroatoms. The Bertz CT molecular complexity index is 580. The fraction of sp³-hybridized carbons (Fsp3) is 0.385. The van der Waals surface area contributed by atoms with Crippen LogP contribution in [0.25, 0.3) is 0 Å². The summed E-state index contributed by atoms with van der Waals surface area (Å²) in [5.41, 5.74) is 7.02. The molecular weight excluding hydrogens is 258 g/mol. The van der Waals surface area contributed by atoms with Crippen molar-refractivity contribution >= 4 is 11.7 Å². The second-order valence-corrected chi connectivity index (χ2v) is 4.70. The van der Waals surface area contributed by atoms with Gasteiger partial charge in [-0.15, -0.1) is 0 Å². The standard InChI is InChI=1S/C13H17N5O2/c1-8(2)10-5-9(6-11(14)18-10)13(19)15-4-3-12-16-7-17-20-12/h5-8H,3-4H2,1-2H3,(H2,14,18)(H,15,19). The van der Waals surface area contributed by atoms with Gasteiger partial charge in [-0.3, -0.25) is 4.79 Å². The van der Waals surface area contributed by atoms with E-state index in [4.69, 9.17) is 10.3 Å². The lowest BCUT2D eigenvalue weighted by molar-refractivity contribution is 0.0953. The van der Waals surface area contributed by atoms with E-state index >= 15 is 0 Å². The second kappa shape index (κ2) is 6.14. The summed E-state index contributed by atoms with van der Waals surface area (Å²) in [5.74, 6) is 0.852. The number of amides is 1. The minimum absolute atomic E-state index is 0.194. The van der Waals surface area contributed by atoms with Crippen LogP contribution < -0.4 is 11.1 Å². The molecule has 1 amide bonds. The van der Waals surface area contributed by atoms with Crippen LogP contribution in [0, 0.1) is 0 Å². The number of carbonyl (C=O) groups is 1. The number of nitrogen functional groups attached to an aromatic ring is 1. The van der Waals surface area contributed by atoms with E-state index < -0.39 is 0 Å². The number of carbonyl (C=O) groups excluding carboxylic acids is 1. The Hall–Kier alpha value is -2.44. The van der Waals surface area contributed by atoms with Crippen molar-refractivity contribution < 1.29 is 9.32 Å². The van der Waals surface area contributed by atoms with Crippen molar-refractivity contribution in [1.82, 2.24) is 20.4 Å². The van der Waals surface area contributed by atoms with E-state index in [1.165, 1.54) is 6.33 Å². The van der Waals surface area contributed by atoms with E-state index in [0.717, 1.165) is 5.69 Å². The summed E-state index contributed by atoms with van der Waals surface area (Å²) in [6, 6.07) is 3.32. The van der Waals surface area contributed by atoms with Crippen LogP contribution >= 0.6 is 0 Å². The fourth-order valence-corrected chi connectivity index (χ4v) is 1.69. The topological polar surface area (TPSA) is 107 Å². The lowest BCUT2D eigenvalue weighted by Crippen LogP contribution is -2.26. The van der Waals surface area contributed by atoms with E-state index in [1.807, 2.05) is 13.8 Å². The first-order chi connectivity index (χ1) is 9.56. The molecule has 3 N–H and O–H groups in total. The van der Waals surface area contributed by atoms with Crippen LogP contribution in [0.15, 0.2) is 23.0 Å². The Morgan fingerprint density at radius 2 is 2.25 bits per heavy atom. The summed E-state index contributed by atoms with van der Waals surface area (Å²) in [6.45, 7) is 4.42. The maximum atomic E-state index is 12.0. The van der Waals surface area contributed by atoms with Crippen molar-refractivity contribution in [2.45, 2.75) is 26.2 Å². The molecule has 2 rings (SSSR count). The molecular formula is C13H17N5O2. The smallest absolute Gasteiger partial charge is 0.251 e. The Morgan fingerprint density at radius 3 is 2.90 bits per heavy atom. The van der Waals surface area contributed by atoms with Crippen LogP contribution in [0.5, 0.6) is 0 Å². The first-order valence-corrected chi connectivity index (χ1v) is 6.37. The number of hydrogen-bond donors (Lipinski definition) is 2. The molecule has 106 valence electrons. The summed E-state index contributed by atoms with van der Waals surface area (Å²) in [4.78, 5) is 20.1. The predicted molar refractivity (Wildman–Crippen MR) is 73.1 cm³/mol. The Labute approximate surface area is 116 Å². The fourth-order valence-electron chi connectivity index (χ4n) is 1.69. The molecule has 0 saturated carbocycles. The van der Waals surface area contributed by atoms with E-state index in [-0.39, 0.29) is 11.8 Å². The molecule has 0 aromatic carbocycles. The number of nitrogens with one attached hydrogen (secondary N) is 1. The molecule has 7 nitrogen and oxygen atoms in total. The summed E-state index contributed by atoms with van der Waals surface area (Å²) in [6.07, 6.45) is 1.82. The monoisotopic (exact) mass is 275 g/mol. The maximum Gasteiger partial charge on any atom is 0.251 e. The van der Waals surface area contributed by atoms with Gasteiger partial charge in [0.15, 0.2) is 6.33 Å². The average molecular weight is 275 g/mol. The first-order valence-electron chi connectivity index (χ1n) is 6.37. The van der Waals surface area contributed by atoms with Crippen molar-refractivity contribution in [3.05, 3.63) is 35.6 Å². The highest BCUT2D eigenvalue weighted by Crippen LogP contribution is 2.15. The summed E-state index contributed by atoms with van der Waals surface area (Å²) < 4.78 is 4.85. The van der Waals surface area contributed by atoms with Gasteiger partial charge in [0.2, 0.25) is 5.89 Å². The molecule has 0 aliphatic carbocycles. The molecule has 0 unspecified atom stereocenters. The van der Waals surface area contributed by atoms with Gasteiger partial charge in [-0.1, -0.05) is 19.0 Å². The van der Waals surface area contributed by atoms with Crippen molar-refractivity contribution in [2.24, 2.45) is 0 Å². The molecule has 20 heavy (non-hydrogen) atoms. The third kappa shape index (κ3) is 3.53. The largest absolute Gasteiger partial charge is 0.384 e. The lowest BCUT2D eigenvalue weighted by Gasteiger charge is -2.09. The zero-order chi connectivity index (χ0) is 14.5.